The van der Waals surface area contributed by atoms with Gasteiger partial charge in [-0.2, -0.15) is 0 Å². The Kier molecular flexibility index (Phi) is 5.40. The molecule has 20 heavy (non-hydrogen) atoms. The molecular weight excluding hydrogens is 260 g/mol. The zero-order valence-corrected chi connectivity index (χ0v) is 11.5. The summed E-state index contributed by atoms with van der Waals surface area (Å²) in [4.78, 5) is 21.9. The highest BCUT2D eigenvalue weighted by Gasteiger charge is 2.17. The molecule has 0 aliphatic heterocycles. The van der Waals surface area contributed by atoms with Crippen LogP contribution in [0.2, 0.25) is 0 Å². The number of carbonyl (C=O) groups is 1. The fourth-order valence-corrected chi connectivity index (χ4v) is 1.42. The molecule has 0 saturated carbocycles. The molecule has 1 rings (SSSR count). The van der Waals surface area contributed by atoms with Gasteiger partial charge < -0.3 is 10.4 Å². The van der Waals surface area contributed by atoms with Gasteiger partial charge in [0.2, 0.25) is 5.91 Å². The maximum absolute atomic E-state index is 11.6. The second-order valence-electron chi connectivity index (χ2n) is 4.72. The first-order chi connectivity index (χ1) is 9.35. The molecule has 0 heterocycles. The number of nitro groups is 1. The summed E-state index contributed by atoms with van der Waals surface area (Å²) in [7, 11) is 0. The molecule has 108 valence electrons. The molecule has 0 spiro atoms. The van der Waals surface area contributed by atoms with Crippen molar-refractivity contribution in [1.82, 2.24) is 5.32 Å². The molecule has 0 radical (unpaired) electrons. The van der Waals surface area contributed by atoms with Gasteiger partial charge in [0, 0.05) is 18.7 Å². The first-order valence-corrected chi connectivity index (χ1v) is 6.27. The topological polar surface area (TPSA) is 92.5 Å². The van der Waals surface area contributed by atoms with Crippen LogP contribution in [0.15, 0.2) is 30.3 Å². The van der Waals surface area contributed by atoms with Gasteiger partial charge in [-0.1, -0.05) is 19.1 Å². The molecule has 0 aliphatic rings. The average molecular weight is 278 g/mol. The van der Waals surface area contributed by atoms with Gasteiger partial charge in [-0.25, -0.2) is 0 Å². The summed E-state index contributed by atoms with van der Waals surface area (Å²) in [5, 5.41) is 23.1. The van der Waals surface area contributed by atoms with Crippen LogP contribution in [-0.4, -0.2) is 28.1 Å². The Morgan fingerprint density at radius 2 is 2.15 bits per heavy atom. The minimum atomic E-state index is -0.956. The monoisotopic (exact) mass is 278 g/mol. The number of benzene rings is 1. The third-order valence-electron chi connectivity index (χ3n) is 2.95. The standard InChI is InChI=1S/C14H18N2O4/c1-3-14(2,18)10-15-13(17)9-8-11-6-4-5-7-12(11)16(19)20/h4-9,18H,3,10H2,1-2H3,(H,15,17). The van der Waals surface area contributed by atoms with Crippen LogP contribution in [0.3, 0.4) is 0 Å². The number of hydrogen-bond donors (Lipinski definition) is 2. The second-order valence-corrected chi connectivity index (χ2v) is 4.72. The molecule has 1 atom stereocenters. The molecule has 1 aromatic carbocycles. The Labute approximate surface area is 117 Å². The van der Waals surface area contributed by atoms with E-state index in [1.54, 1.807) is 25.1 Å². The number of aliphatic hydroxyl groups is 1. The molecular formula is C14H18N2O4. The van der Waals surface area contributed by atoms with Crippen LogP contribution in [0.5, 0.6) is 0 Å². The third kappa shape index (κ3) is 4.81. The Balaban J connectivity index is 2.69. The quantitative estimate of drug-likeness (QED) is 0.472. The summed E-state index contributed by atoms with van der Waals surface area (Å²) >= 11 is 0. The SMILES string of the molecule is CCC(C)(O)CNC(=O)C=Cc1ccccc1[N+](=O)[O-]. The van der Waals surface area contributed by atoms with E-state index in [2.05, 4.69) is 5.32 Å². The van der Waals surface area contributed by atoms with Crippen molar-refractivity contribution in [1.29, 1.82) is 0 Å². The predicted octanol–water partition coefficient (Wildman–Crippen LogP) is 1.89. The summed E-state index contributed by atoms with van der Waals surface area (Å²) < 4.78 is 0. The van der Waals surface area contributed by atoms with Crippen LogP contribution in [0, 0.1) is 10.1 Å². The minimum absolute atomic E-state index is 0.0582. The van der Waals surface area contributed by atoms with Crippen molar-refractivity contribution >= 4 is 17.7 Å². The van der Waals surface area contributed by atoms with E-state index < -0.39 is 16.4 Å². The molecule has 0 saturated heterocycles. The average Bonchev–Trinajstić information content (AvgIpc) is 2.43. The van der Waals surface area contributed by atoms with E-state index in [-0.39, 0.29) is 12.2 Å². The largest absolute Gasteiger partial charge is 0.388 e. The summed E-state index contributed by atoms with van der Waals surface area (Å²) in [6.45, 7) is 3.57. The molecule has 0 aromatic heterocycles. The Morgan fingerprint density at radius 1 is 1.50 bits per heavy atom. The zero-order valence-electron chi connectivity index (χ0n) is 11.5. The van der Waals surface area contributed by atoms with E-state index >= 15 is 0 Å². The molecule has 1 aromatic rings. The van der Waals surface area contributed by atoms with Gasteiger partial charge in [-0.05, 0) is 25.5 Å². The summed E-state index contributed by atoms with van der Waals surface area (Å²) in [6, 6.07) is 6.16. The van der Waals surface area contributed by atoms with E-state index in [1.165, 1.54) is 18.2 Å². The van der Waals surface area contributed by atoms with E-state index in [1.807, 2.05) is 6.92 Å². The van der Waals surface area contributed by atoms with E-state index in [9.17, 15) is 20.0 Å². The van der Waals surface area contributed by atoms with E-state index in [0.29, 0.717) is 12.0 Å². The number of nitro benzene ring substituents is 1. The first-order valence-electron chi connectivity index (χ1n) is 6.27. The lowest BCUT2D eigenvalue weighted by molar-refractivity contribution is -0.385. The molecule has 0 bridgehead atoms. The van der Waals surface area contributed by atoms with Crippen molar-refractivity contribution in [2.24, 2.45) is 0 Å². The van der Waals surface area contributed by atoms with Gasteiger partial charge >= 0.3 is 0 Å². The van der Waals surface area contributed by atoms with Crippen molar-refractivity contribution in [3.63, 3.8) is 0 Å². The molecule has 6 heteroatoms. The summed E-state index contributed by atoms with van der Waals surface area (Å²) in [6.07, 6.45) is 3.11. The summed E-state index contributed by atoms with van der Waals surface area (Å²) in [5.74, 6) is -0.406. The predicted molar refractivity (Wildman–Crippen MR) is 76.1 cm³/mol. The number of carbonyl (C=O) groups excluding carboxylic acids is 1. The second kappa shape index (κ2) is 6.81. The summed E-state index contributed by atoms with van der Waals surface area (Å²) in [5.41, 5.74) is -0.658. The van der Waals surface area contributed by atoms with Crippen molar-refractivity contribution in [3.05, 3.63) is 46.0 Å². The zero-order chi connectivity index (χ0) is 15.2. The highest BCUT2D eigenvalue weighted by atomic mass is 16.6. The molecule has 2 N–H and O–H groups in total. The fraction of sp³-hybridized carbons (Fsp3) is 0.357. The van der Waals surface area contributed by atoms with Gasteiger partial charge in [0.05, 0.1) is 16.1 Å². The van der Waals surface area contributed by atoms with Gasteiger partial charge in [0.25, 0.3) is 5.69 Å². The van der Waals surface area contributed by atoms with Crippen LogP contribution in [-0.2, 0) is 4.79 Å². The highest BCUT2D eigenvalue weighted by molar-refractivity contribution is 5.92. The number of hydrogen-bond acceptors (Lipinski definition) is 4. The maximum Gasteiger partial charge on any atom is 0.276 e. The van der Waals surface area contributed by atoms with Crippen molar-refractivity contribution < 1.29 is 14.8 Å². The first kappa shape index (κ1) is 15.8. The van der Waals surface area contributed by atoms with Crippen molar-refractivity contribution in [2.75, 3.05) is 6.54 Å². The Hall–Kier alpha value is -2.21. The van der Waals surface area contributed by atoms with E-state index in [0.717, 1.165) is 0 Å². The maximum atomic E-state index is 11.6. The van der Waals surface area contributed by atoms with Crippen LogP contribution in [0.1, 0.15) is 25.8 Å². The van der Waals surface area contributed by atoms with Crippen LogP contribution >= 0.6 is 0 Å². The lowest BCUT2D eigenvalue weighted by atomic mass is 10.0. The molecule has 1 unspecified atom stereocenters. The highest BCUT2D eigenvalue weighted by Crippen LogP contribution is 2.18. The van der Waals surface area contributed by atoms with E-state index in [4.69, 9.17) is 0 Å². The van der Waals surface area contributed by atoms with Crippen molar-refractivity contribution in [3.8, 4) is 0 Å². The third-order valence-corrected chi connectivity index (χ3v) is 2.95. The normalized spacial score (nSPS) is 13.9. The van der Waals surface area contributed by atoms with Gasteiger partial charge in [0.1, 0.15) is 0 Å². The lowest BCUT2D eigenvalue weighted by Gasteiger charge is -2.20. The lowest BCUT2D eigenvalue weighted by Crippen LogP contribution is -2.39. The van der Waals surface area contributed by atoms with Gasteiger partial charge in [0.15, 0.2) is 0 Å². The Morgan fingerprint density at radius 3 is 2.75 bits per heavy atom. The fourth-order valence-electron chi connectivity index (χ4n) is 1.42. The Bertz CT molecular complexity index is 524. The molecule has 6 nitrogen and oxygen atoms in total. The number of rotatable bonds is 6. The number of nitrogens with one attached hydrogen (secondary N) is 1. The van der Waals surface area contributed by atoms with Gasteiger partial charge in [-0.3, -0.25) is 14.9 Å². The number of para-hydroxylation sites is 1. The van der Waals surface area contributed by atoms with Gasteiger partial charge in [-0.15, -0.1) is 0 Å². The van der Waals surface area contributed by atoms with Crippen LogP contribution < -0.4 is 5.32 Å². The van der Waals surface area contributed by atoms with Crippen LogP contribution in [0.4, 0.5) is 5.69 Å². The molecule has 1 amide bonds. The number of amides is 1. The minimum Gasteiger partial charge on any atom is -0.388 e. The molecule has 0 aliphatic carbocycles. The smallest absolute Gasteiger partial charge is 0.276 e. The molecule has 0 fully saturated rings. The van der Waals surface area contributed by atoms with Crippen molar-refractivity contribution in [2.45, 2.75) is 25.9 Å². The van der Waals surface area contributed by atoms with Crippen LogP contribution in [0.25, 0.3) is 6.08 Å². The number of nitrogens with zero attached hydrogens (tertiary/aromatic N) is 1.